The summed E-state index contributed by atoms with van der Waals surface area (Å²) in [6.07, 6.45) is 10.3. The number of H-pyrrole nitrogens is 1. The largest absolute Gasteiger partial charge is 0.490 e. The lowest BCUT2D eigenvalue weighted by Crippen LogP contribution is -2.15. The van der Waals surface area contributed by atoms with Crippen LogP contribution in [0, 0.1) is 0 Å². The molecule has 1 saturated carbocycles. The maximum absolute atomic E-state index is 12.0. The van der Waals surface area contributed by atoms with Crippen LogP contribution < -0.4 is 15.7 Å². The van der Waals surface area contributed by atoms with Crippen molar-refractivity contribution in [2.75, 3.05) is 0 Å². The van der Waals surface area contributed by atoms with Crippen LogP contribution in [0.3, 0.4) is 0 Å². The minimum atomic E-state index is -0.159. The fourth-order valence-electron chi connectivity index (χ4n) is 3.50. The highest BCUT2D eigenvalue weighted by Gasteiger charge is 2.18. The molecule has 1 atom stereocenters. The molecule has 4 rings (SSSR count). The van der Waals surface area contributed by atoms with Gasteiger partial charge >= 0.3 is 5.69 Å². The average Bonchev–Trinajstić information content (AvgIpc) is 3.34. The molecule has 1 heterocycles. The summed E-state index contributed by atoms with van der Waals surface area (Å²) in [4.78, 5) is 14.7. The number of ether oxygens (including phenoxy) is 1. The lowest BCUT2D eigenvalue weighted by atomic mass is 9.98. The van der Waals surface area contributed by atoms with E-state index in [1.54, 1.807) is 17.0 Å². The predicted molar refractivity (Wildman–Crippen MR) is 113 cm³/mol. The van der Waals surface area contributed by atoms with E-state index in [1.165, 1.54) is 12.8 Å². The minimum absolute atomic E-state index is 0.159. The third-order valence-corrected chi connectivity index (χ3v) is 5.43. The van der Waals surface area contributed by atoms with E-state index in [-0.39, 0.29) is 5.69 Å². The third kappa shape index (κ3) is 4.06. The van der Waals surface area contributed by atoms with Crippen LogP contribution >= 0.6 is 9.24 Å². The lowest BCUT2D eigenvalue weighted by molar-refractivity contribution is 0.212. The van der Waals surface area contributed by atoms with Gasteiger partial charge in [-0.15, -0.1) is 9.24 Å². The summed E-state index contributed by atoms with van der Waals surface area (Å²) in [5.74, 6) is 0.896. The van der Waals surface area contributed by atoms with E-state index in [0.717, 1.165) is 40.6 Å². The minimum Gasteiger partial charge on any atom is -0.490 e. The van der Waals surface area contributed by atoms with Crippen LogP contribution in [-0.2, 0) is 0 Å². The summed E-state index contributed by atoms with van der Waals surface area (Å²) in [7, 11) is 2.76. The van der Waals surface area contributed by atoms with Crippen molar-refractivity contribution in [3.63, 3.8) is 0 Å². The second kappa shape index (κ2) is 7.98. The second-order valence-corrected chi connectivity index (χ2v) is 7.48. The van der Waals surface area contributed by atoms with E-state index in [0.29, 0.717) is 6.10 Å². The number of imidazole rings is 1. The zero-order chi connectivity index (χ0) is 18.6. The van der Waals surface area contributed by atoms with Gasteiger partial charge in [-0.05, 0) is 42.9 Å². The summed E-state index contributed by atoms with van der Waals surface area (Å²) in [6.45, 7) is 0. The van der Waals surface area contributed by atoms with E-state index in [4.69, 9.17) is 4.74 Å². The molecule has 0 amide bonds. The Morgan fingerprint density at radius 1 is 1.11 bits per heavy atom. The van der Waals surface area contributed by atoms with Crippen LogP contribution in [-0.4, -0.2) is 15.7 Å². The van der Waals surface area contributed by atoms with Crippen LogP contribution in [0.2, 0.25) is 0 Å². The quantitative estimate of drug-likeness (QED) is 0.681. The molecule has 3 aromatic rings. The maximum Gasteiger partial charge on any atom is 0.329 e. The van der Waals surface area contributed by atoms with E-state index in [2.05, 4.69) is 44.6 Å². The Morgan fingerprint density at radius 3 is 2.59 bits per heavy atom. The Balaban J connectivity index is 1.77. The first kappa shape index (κ1) is 17.8. The number of rotatable bonds is 5. The van der Waals surface area contributed by atoms with E-state index in [9.17, 15) is 4.79 Å². The number of aromatic nitrogens is 2. The zero-order valence-electron chi connectivity index (χ0n) is 15.1. The van der Waals surface area contributed by atoms with Gasteiger partial charge in [-0.3, -0.25) is 4.57 Å². The van der Waals surface area contributed by atoms with Crippen molar-refractivity contribution in [2.24, 2.45) is 0 Å². The first-order valence-corrected chi connectivity index (χ1v) is 9.88. The summed E-state index contributed by atoms with van der Waals surface area (Å²) >= 11 is 0. The summed E-state index contributed by atoms with van der Waals surface area (Å²) in [6, 6.07) is 16.3. The van der Waals surface area contributed by atoms with Gasteiger partial charge in [-0.1, -0.05) is 42.5 Å². The number of nitrogens with one attached hydrogen (secondary N) is 1. The van der Waals surface area contributed by atoms with Crippen molar-refractivity contribution in [2.45, 2.75) is 31.8 Å². The van der Waals surface area contributed by atoms with Crippen molar-refractivity contribution < 1.29 is 4.74 Å². The molecule has 1 aliphatic rings. The maximum atomic E-state index is 12.0. The normalized spacial score (nSPS) is 15.2. The second-order valence-electron chi connectivity index (χ2n) is 6.86. The van der Waals surface area contributed by atoms with Crippen LogP contribution in [0.15, 0.2) is 65.7 Å². The van der Waals surface area contributed by atoms with Gasteiger partial charge in [0.05, 0.1) is 6.10 Å². The summed E-state index contributed by atoms with van der Waals surface area (Å²) in [5.41, 5.74) is 2.88. The van der Waals surface area contributed by atoms with Crippen molar-refractivity contribution in [1.29, 1.82) is 0 Å². The SMILES string of the molecule is O=c1[nH]ccn1/C=C(\c1ccccc1)c1ccc(P)c(OC2CCCC2)c1. The molecule has 0 spiro atoms. The molecule has 5 heteroatoms. The lowest BCUT2D eigenvalue weighted by Gasteiger charge is -2.17. The highest BCUT2D eigenvalue weighted by Crippen LogP contribution is 2.29. The smallest absolute Gasteiger partial charge is 0.329 e. The van der Waals surface area contributed by atoms with E-state index in [1.807, 2.05) is 24.4 Å². The number of hydrogen-bond acceptors (Lipinski definition) is 2. The van der Waals surface area contributed by atoms with Gasteiger partial charge in [0.1, 0.15) is 5.75 Å². The first-order chi connectivity index (χ1) is 13.2. The molecule has 0 radical (unpaired) electrons. The molecule has 1 aliphatic carbocycles. The van der Waals surface area contributed by atoms with Gasteiger partial charge in [0, 0.05) is 29.5 Å². The summed E-state index contributed by atoms with van der Waals surface area (Å²) in [5, 5.41) is 1.05. The molecule has 0 bridgehead atoms. The van der Waals surface area contributed by atoms with Crippen LogP contribution in [0.25, 0.3) is 11.8 Å². The molecule has 0 saturated heterocycles. The first-order valence-electron chi connectivity index (χ1n) is 9.30. The molecule has 2 aromatic carbocycles. The molecule has 27 heavy (non-hydrogen) atoms. The molecule has 1 N–H and O–H groups in total. The van der Waals surface area contributed by atoms with Gasteiger partial charge < -0.3 is 9.72 Å². The van der Waals surface area contributed by atoms with Gasteiger partial charge in [-0.25, -0.2) is 4.79 Å². The molecule has 1 fully saturated rings. The standard InChI is InChI=1S/C22H23N2O2P/c25-22-23-12-13-24(22)15-19(16-6-2-1-3-7-16)17-10-11-21(27)20(14-17)26-18-8-4-5-9-18/h1-3,6-7,10-15,18H,4-5,8-9,27H2,(H,23,25)/b19-15+. The molecule has 1 unspecified atom stereocenters. The van der Waals surface area contributed by atoms with Crippen molar-refractivity contribution in [3.05, 3.63) is 82.5 Å². The number of nitrogens with zero attached hydrogens (tertiary/aromatic N) is 1. The van der Waals surface area contributed by atoms with Crippen LogP contribution in [0.1, 0.15) is 36.8 Å². The molecular weight excluding hydrogens is 355 g/mol. The van der Waals surface area contributed by atoms with Crippen molar-refractivity contribution >= 4 is 26.3 Å². The number of aromatic amines is 1. The fourth-order valence-corrected chi connectivity index (χ4v) is 3.74. The Bertz CT molecular complexity index is 998. The third-order valence-electron chi connectivity index (χ3n) is 4.95. The molecule has 0 aliphatic heterocycles. The van der Waals surface area contributed by atoms with E-state index >= 15 is 0 Å². The van der Waals surface area contributed by atoms with E-state index < -0.39 is 0 Å². The van der Waals surface area contributed by atoms with Gasteiger partial charge in [-0.2, -0.15) is 0 Å². The van der Waals surface area contributed by atoms with Gasteiger partial charge in [0.2, 0.25) is 0 Å². The predicted octanol–water partition coefficient (Wildman–Crippen LogP) is 4.04. The van der Waals surface area contributed by atoms with Crippen molar-refractivity contribution in [3.8, 4) is 5.75 Å². The van der Waals surface area contributed by atoms with Gasteiger partial charge in [0.15, 0.2) is 0 Å². The molecule has 4 nitrogen and oxygen atoms in total. The summed E-state index contributed by atoms with van der Waals surface area (Å²) < 4.78 is 7.83. The number of benzene rings is 2. The monoisotopic (exact) mass is 378 g/mol. The topological polar surface area (TPSA) is 47.0 Å². The van der Waals surface area contributed by atoms with Crippen molar-refractivity contribution in [1.82, 2.24) is 9.55 Å². The average molecular weight is 378 g/mol. The van der Waals surface area contributed by atoms with Crippen LogP contribution in [0.5, 0.6) is 5.75 Å². The highest BCUT2D eigenvalue weighted by atomic mass is 31.0. The number of hydrogen-bond donors (Lipinski definition) is 1. The zero-order valence-corrected chi connectivity index (χ0v) is 16.3. The fraction of sp³-hybridized carbons (Fsp3) is 0.227. The molecule has 138 valence electrons. The van der Waals surface area contributed by atoms with Gasteiger partial charge in [0.25, 0.3) is 0 Å². The Kier molecular flexibility index (Phi) is 5.26. The Labute approximate surface area is 161 Å². The Hall–Kier alpha value is -2.58. The molecule has 1 aromatic heterocycles. The van der Waals surface area contributed by atoms with Crippen LogP contribution in [0.4, 0.5) is 0 Å². The highest BCUT2D eigenvalue weighted by molar-refractivity contribution is 7.27. The Morgan fingerprint density at radius 2 is 1.89 bits per heavy atom. The molecular formula is C22H23N2O2P.